The van der Waals surface area contributed by atoms with Crippen LogP contribution in [-0.4, -0.2) is 50.2 Å². The molecule has 0 heterocycles. The van der Waals surface area contributed by atoms with Gasteiger partial charge in [0, 0.05) is 26.2 Å². The fourth-order valence-electron chi connectivity index (χ4n) is 2.33. The predicted octanol–water partition coefficient (Wildman–Crippen LogP) is 1.01. The number of amides is 1. The van der Waals surface area contributed by atoms with Crippen molar-refractivity contribution in [2.45, 2.75) is 38.6 Å². The zero-order chi connectivity index (χ0) is 11.8. The summed E-state index contributed by atoms with van der Waals surface area (Å²) in [6, 6.07) is 0.488. The zero-order valence-corrected chi connectivity index (χ0v) is 10.5. The normalized spacial score (nSPS) is 16.6. The van der Waals surface area contributed by atoms with Crippen LogP contribution in [0.15, 0.2) is 0 Å². The molecule has 94 valence electrons. The summed E-state index contributed by atoms with van der Waals surface area (Å²) in [5.74, 6) is 0.227. The molecule has 16 heavy (non-hydrogen) atoms. The minimum Gasteiger partial charge on any atom is -0.383 e. The van der Waals surface area contributed by atoms with Gasteiger partial charge in [-0.2, -0.15) is 0 Å². The van der Waals surface area contributed by atoms with Gasteiger partial charge < -0.3 is 15.0 Å². The van der Waals surface area contributed by atoms with Crippen molar-refractivity contribution in [3.8, 4) is 0 Å². The average molecular weight is 228 g/mol. The van der Waals surface area contributed by atoms with Crippen LogP contribution < -0.4 is 5.32 Å². The molecule has 0 aromatic heterocycles. The zero-order valence-electron chi connectivity index (χ0n) is 10.5. The van der Waals surface area contributed by atoms with Crippen molar-refractivity contribution in [2.24, 2.45) is 0 Å². The Morgan fingerprint density at radius 1 is 1.44 bits per heavy atom. The molecule has 0 atom stereocenters. The average Bonchev–Trinajstić information content (AvgIpc) is 2.79. The minimum absolute atomic E-state index is 0.227. The summed E-state index contributed by atoms with van der Waals surface area (Å²) in [6.45, 7) is 4.72. The summed E-state index contributed by atoms with van der Waals surface area (Å²) in [5, 5.41) is 3.11. The third-order valence-electron chi connectivity index (χ3n) is 3.19. The van der Waals surface area contributed by atoms with E-state index < -0.39 is 0 Å². The van der Waals surface area contributed by atoms with Gasteiger partial charge in [-0.3, -0.25) is 4.79 Å². The van der Waals surface area contributed by atoms with E-state index in [1.54, 1.807) is 7.11 Å². The maximum absolute atomic E-state index is 11.9. The van der Waals surface area contributed by atoms with Gasteiger partial charge in [-0.15, -0.1) is 0 Å². The largest absolute Gasteiger partial charge is 0.383 e. The van der Waals surface area contributed by atoms with Crippen molar-refractivity contribution < 1.29 is 9.53 Å². The monoisotopic (exact) mass is 228 g/mol. The van der Waals surface area contributed by atoms with Gasteiger partial charge in [0.25, 0.3) is 0 Å². The van der Waals surface area contributed by atoms with Gasteiger partial charge >= 0.3 is 0 Å². The SMILES string of the molecule is CCN(C(=O)CNCCOC)C1CCCC1. The molecule has 0 bridgehead atoms. The van der Waals surface area contributed by atoms with Crippen LogP contribution >= 0.6 is 0 Å². The topological polar surface area (TPSA) is 41.6 Å². The number of ether oxygens (including phenoxy) is 1. The lowest BCUT2D eigenvalue weighted by Crippen LogP contribution is -2.43. The van der Waals surface area contributed by atoms with Crippen molar-refractivity contribution in [1.82, 2.24) is 10.2 Å². The number of likely N-dealkylation sites (N-methyl/N-ethyl adjacent to an activating group) is 1. The summed E-state index contributed by atoms with van der Waals surface area (Å²) in [5.41, 5.74) is 0. The highest BCUT2D eigenvalue weighted by Crippen LogP contribution is 2.23. The molecule has 1 fully saturated rings. The Bertz CT molecular complexity index is 203. The van der Waals surface area contributed by atoms with Crippen LogP contribution in [0.4, 0.5) is 0 Å². The molecule has 1 N–H and O–H groups in total. The number of hydrogen-bond acceptors (Lipinski definition) is 3. The fourth-order valence-corrected chi connectivity index (χ4v) is 2.33. The number of hydrogen-bond donors (Lipinski definition) is 1. The van der Waals surface area contributed by atoms with E-state index in [0.717, 1.165) is 13.1 Å². The molecule has 1 rings (SSSR count). The molecular weight excluding hydrogens is 204 g/mol. The summed E-state index contributed by atoms with van der Waals surface area (Å²) in [7, 11) is 1.67. The molecular formula is C12H24N2O2. The highest BCUT2D eigenvalue weighted by atomic mass is 16.5. The van der Waals surface area contributed by atoms with Crippen LogP contribution in [0.2, 0.25) is 0 Å². The number of nitrogens with zero attached hydrogens (tertiary/aromatic N) is 1. The smallest absolute Gasteiger partial charge is 0.236 e. The molecule has 0 aromatic carbocycles. The van der Waals surface area contributed by atoms with Crippen molar-refractivity contribution in [1.29, 1.82) is 0 Å². The van der Waals surface area contributed by atoms with Crippen molar-refractivity contribution in [3.63, 3.8) is 0 Å². The van der Waals surface area contributed by atoms with Crippen LogP contribution in [0.5, 0.6) is 0 Å². The minimum atomic E-state index is 0.227. The van der Waals surface area contributed by atoms with E-state index in [9.17, 15) is 4.79 Å². The lowest BCUT2D eigenvalue weighted by molar-refractivity contribution is -0.132. The van der Waals surface area contributed by atoms with Gasteiger partial charge in [-0.1, -0.05) is 12.8 Å². The van der Waals surface area contributed by atoms with Crippen LogP contribution in [0.25, 0.3) is 0 Å². The molecule has 4 heteroatoms. The van der Waals surface area contributed by atoms with Gasteiger partial charge in [0.05, 0.1) is 13.2 Å². The Kier molecular flexibility index (Phi) is 6.42. The maximum atomic E-state index is 11.9. The molecule has 0 aliphatic heterocycles. The first-order valence-electron chi connectivity index (χ1n) is 6.28. The van der Waals surface area contributed by atoms with Gasteiger partial charge in [0.15, 0.2) is 0 Å². The number of methoxy groups -OCH3 is 1. The molecule has 0 radical (unpaired) electrons. The second-order valence-electron chi connectivity index (χ2n) is 4.29. The Morgan fingerprint density at radius 2 is 2.12 bits per heavy atom. The van der Waals surface area contributed by atoms with Crippen molar-refractivity contribution >= 4 is 5.91 Å². The van der Waals surface area contributed by atoms with E-state index >= 15 is 0 Å². The predicted molar refractivity (Wildman–Crippen MR) is 64.4 cm³/mol. The number of rotatable bonds is 7. The fraction of sp³-hybridized carbons (Fsp3) is 0.917. The number of carbonyl (C=O) groups excluding carboxylic acids is 1. The van der Waals surface area contributed by atoms with Crippen LogP contribution in [0.1, 0.15) is 32.6 Å². The number of nitrogens with one attached hydrogen (secondary N) is 1. The van der Waals surface area contributed by atoms with E-state index in [0.29, 0.717) is 19.2 Å². The first kappa shape index (κ1) is 13.5. The second kappa shape index (κ2) is 7.63. The molecule has 0 saturated heterocycles. The molecule has 1 aliphatic carbocycles. The molecule has 0 spiro atoms. The highest BCUT2D eigenvalue weighted by Gasteiger charge is 2.24. The van der Waals surface area contributed by atoms with E-state index in [4.69, 9.17) is 4.74 Å². The van der Waals surface area contributed by atoms with Crippen LogP contribution in [-0.2, 0) is 9.53 Å². The van der Waals surface area contributed by atoms with E-state index in [-0.39, 0.29) is 5.91 Å². The first-order chi connectivity index (χ1) is 7.79. The van der Waals surface area contributed by atoms with Gasteiger partial charge in [0.2, 0.25) is 5.91 Å². The summed E-state index contributed by atoms with van der Waals surface area (Å²) < 4.78 is 4.92. The summed E-state index contributed by atoms with van der Waals surface area (Å²) in [6.07, 6.45) is 4.90. The Balaban J connectivity index is 2.25. The van der Waals surface area contributed by atoms with E-state index in [1.165, 1.54) is 25.7 Å². The second-order valence-corrected chi connectivity index (χ2v) is 4.29. The lowest BCUT2D eigenvalue weighted by atomic mass is 10.2. The first-order valence-corrected chi connectivity index (χ1v) is 6.28. The summed E-state index contributed by atoms with van der Waals surface area (Å²) >= 11 is 0. The maximum Gasteiger partial charge on any atom is 0.236 e. The molecule has 0 unspecified atom stereocenters. The van der Waals surface area contributed by atoms with Crippen molar-refractivity contribution in [2.75, 3.05) is 33.4 Å². The van der Waals surface area contributed by atoms with Crippen molar-refractivity contribution in [3.05, 3.63) is 0 Å². The van der Waals surface area contributed by atoms with Crippen LogP contribution in [0, 0.1) is 0 Å². The molecule has 4 nitrogen and oxygen atoms in total. The molecule has 1 saturated carbocycles. The quantitative estimate of drug-likeness (QED) is 0.661. The Labute approximate surface area is 98.3 Å². The lowest BCUT2D eigenvalue weighted by Gasteiger charge is -2.27. The number of carbonyl (C=O) groups is 1. The van der Waals surface area contributed by atoms with Gasteiger partial charge in [0.1, 0.15) is 0 Å². The standard InChI is InChI=1S/C12H24N2O2/c1-3-14(11-6-4-5-7-11)12(15)10-13-8-9-16-2/h11,13H,3-10H2,1-2H3. The molecule has 0 aromatic rings. The molecule has 1 amide bonds. The highest BCUT2D eigenvalue weighted by molar-refractivity contribution is 5.78. The third-order valence-corrected chi connectivity index (χ3v) is 3.19. The Hall–Kier alpha value is -0.610. The van der Waals surface area contributed by atoms with E-state index in [2.05, 4.69) is 12.2 Å². The van der Waals surface area contributed by atoms with Gasteiger partial charge in [-0.05, 0) is 19.8 Å². The van der Waals surface area contributed by atoms with E-state index in [1.807, 2.05) is 4.90 Å². The third kappa shape index (κ3) is 4.10. The molecule has 1 aliphatic rings. The summed E-state index contributed by atoms with van der Waals surface area (Å²) in [4.78, 5) is 14.0. The Morgan fingerprint density at radius 3 is 2.69 bits per heavy atom. The van der Waals surface area contributed by atoms with Crippen LogP contribution in [0.3, 0.4) is 0 Å². The van der Waals surface area contributed by atoms with Gasteiger partial charge in [-0.25, -0.2) is 0 Å².